The quantitative estimate of drug-likeness (QED) is 0.230. The Hall–Kier alpha value is -1.95. The zero-order valence-corrected chi connectivity index (χ0v) is 22.7. The topological polar surface area (TPSA) is 87.0 Å². The highest BCUT2D eigenvalue weighted by molar-refractivity contribution is 5.90. The fourth-order valence-electron chi connectivity index (χ4n) is 7.88. The molecule has 1 unspecified atom stereocenters. The van der Waals surface area contributed by atoms with Gasteiger partial charge in [-0.25, -0.2) is 4.79 Å². The Morgan fingerprint density at radius 2 is 1.95 bits per heavy atom. The van der Waals surface area contributed by atoms with Crippen LogP contribution in [0.4, 0.5) is 0 Å². The number of esters is 1. The van der Waals surface area contributed by atoms with Gasteiger partial charge < -0.3 is 20.1 Å². The molecule has 0 bridgehead atoms. The molecule has 1 aliphatic heterocycles. The summed E-state index contributed by atoms with van der Waals surface area (Å²) in [6.45, 7) is 16.8. The third-order valence-electron chi connectivity index (χ3n) is 10.3. The third kappa shape index (κ3) is 5.32. The van der Waals surface area contributed by atoms with E-state index in [2.05, 4.69) is 44.9 Å². The highest BCUT2D eigenvalue weighted by atomic mass is 16.6. The van der Waals surface area contributed by atoms with Crippen LogP contribution in [-0.4, -0.2) is 46.2 Å². The molecule has 4 fully saturated rings. The van der Waals surface area contributed by atoms with Crippen molar-refractivity contribution in [2.45, 2.75) is 89.9 Å². The standard InChI is InChI=1S/C32H46O5/c1-6-22(18-29-19(2)20(3)31(36)37-29)26-13-14-27-23(9-7-15-32(26,27)5)11-12-24-17-28(34)25(10-8-16-33)30(35)21(24)4/h6,11-12,19,22,25-30,33-35H,1,3-4,7-10,13-18H2,2,5H3/b23-11+,24-12-/t19?,22-,25+,26-,27+,28-,29+,30-,32-/m1/s1. The molecule has 9 atom stereocenters. The van der Waals surface area contributed by atoms with Gasteiger partial charge >= 0.3 is 5.97 Å². The number of hydrogen-bond acceptors (Lipinski definition) is 5. The summed E-state index contributed by atoms with van der Waals surface area (Å²) in [5.41, 5.74) is 3.83. The first-order valence-electron chi connectivity index (χ1n) is 14.2. The molecule has 1 saturated heterocycles. The lowest BCUT2D eigenvalue weighted by Crippen LogP contribution is -2.38. The number of cyclic esters (lactones) is 1. The van der Waals surface area contributed by atoms with Gasteiger partial charge in [0.05, 0.1) is 12.2 Å². The lowest BCUT2D eigenvalue weighted by atomic mass is 9.60. The maximum absolute atomic E-state index is 12.0. The molecule has 0 spiro atoms. The average molecular weight is 511 g/mol. The molecule has 4 rings (SSSR count). The van der Waals surface area contributed by atoms with Gasteiger partial charge in [0.25, 0.3) is 0 Å². The van der Waals surface area contributed by atoms with Gasteiger partial charge in [-0.2, -0.15) is 0 Å². The van der Waals surface area contributed by atoms with E-state index in [1.807, 2.05) is 6.92 Å². The van der Waals surface area contributed by atoms with E-state index in [0.29, 0.717) is 42.2 Å². The fraction of sp³-hybridized carbons (Fsp3) is 0.656. The molecule has 3 N–H and O–H groups in total. The van der Waals surface area contributed by atoms with Crippen LogP contribution < -0.4 is 0 Å². The number of carbonyl (C=O) groups is 1. The lowest BCUT2D eigenvalue weighted by Gasteiger charge is -2.45. The van der Waals surface area contributed by atoms with Crippen LogP contribution in [0, 0.1) is 35.0 Å². The largest absolute Gasteiger partial charge is 0.458 e. The molecular weight excluding hydrogens is 464 g/mol. The van der Waals surface area contributed by atoms with Gasteiger partial charge in [0.1, 0.15) is 6.10 Å². The van der Waals surface area contributed by atoms with Crippen molar-refractivity contribution < 1.29 is 24.9 Å². The molecule has 0 amide bonds. The molecule has 0 aromatic carbocycles. The SMILES string of the molecule is C=C[C@H](C[C@@H]1OC(=O)C(=C)C1C)[C@H]1CC[C@H]2/C(=C/C=C3/C[C@@H](O)[C@H](CCCO)[C@H](O)C3=C)CCC[C@]12C. The van der Waals surface area contributed by atoms with E-state index >= 15 is 0 Å². The molecule has 4 aliphatic rings. The molecule has 1 heterocycles. The van der Waals surface area contributed by atoms with Crippen molar-refractivity contribution >= 4 is 5.97 Å². The Labute approximate surface area is 222 Å². The van der Waals surface area contributed by atoms with E-state index in [0.717, 1.165) is 37.7 Å². The lowest BCUT2D eigenvalue weighted by molar-refractivity contribution is -0.139. The molecular formula is C32H46O5. The summed E-state index contributed by atoms with van der Waals surface area (Å²) in [7, 11) is 0. The number of rotatable bonds is 8. The molecule has 0 aromatic rings. The minimum absolute atomic E-state index is 0.0472. The number of allylic oxidation sites excluding steroid dienone is 4. The van der Waals surface area contributed by atoms with Crippen molar-refractivity contribution in [2.24, 2.45) is 35.0 Å². The monoisotopic (exact) mass is 510 g/mol. The van der Waals surface area contributed by atoms with Gasteiger partial charge in [-0.1, -0.05) is 50.8 Å². The van der Waals surface area contributed by atoms with Crippen LogP contribution in [0.15, 0.2) is 60.3 Å². The zero-order chi connectivity index (χ0) is 26.9. The second kappa shape index (κ2) is 11.4. The minimum atomic E-state index is -0.774. The summed E-state index contributed by atoms with van der Waals surface area (Å²) >= 11 is 0. The fourth-order valence-corrected chi connectivity index (χ4v) is 7.88. The highest BCUT2D eigenvalue weighted by Gasteiger charge is 2.52. The number of ether oxygens (including phenoxy) is 1. The molecule has 204 valence electrons. The molecule has 5 heteroatoms. The van der Waals surface area contributed by atoms with Crippen LogP contribution in [0.25, 0.3) is 0 Å². The first kappa shape index (κ1) is 28.1. The van der Waals surface area contributed by atoms with E-state index < -0.39 is 12.2 Å². The Bertz CT molecular complexity index is 976. The number of carbonyl (C=O) groups excluding carboxylic acids is 1. The van der Waals surface area contributed by atoms with Gasteiger partial charge in [-0.3, -0.25) is 0 Å². The Balaban J connectivity index is 1.49. The Kier molecular flexibility index (Phi) is 8.67. The van der Waals surface area contributed by atoms with Crippen molar-refractivity contribution in [3.63, 3.8) is 0 Å². The second-order valence-corrected chi connectivity index (χ2v) is 12.2. The van der Waals surface area contributed by atoms with E-state index in [-0.39, 0.29) is 41.8 Å². The molecule has 3 saturated carbocycles. The van der Waals surface area contributed by atoms with Crippen LogP contribution in [0.1, 0.15) is 71.6 Å². The summed E-state index contributed by atoms with van der Waals surface area (Å²) in [5.74, 6) is 0.794. The normalized spacial score (nSPS) is 41.2. The minimum Gasteiger partial charge on any atom is -0.458 e. The van der Waals surface area contributed by atoms with Crippen LogP contribution >= 0.6 is 0 Å². The van der Waals surface area contributed by atoms with Crippen LogP contribution in [0.2, 0.25) is 0 Å². The molecule has 5 nitrogen and oxygen atoms in total. The van der Waals surface area contributed by atoms with Gasteiger partial charge in [-0.15, -0.1) is 6.58 Å². The van der Waals surface area contributed by atoms with Gasteiger partial charge in [0.2, 0.25) is 0 Å². The number of hydrogen-bond donors (Lipinski definition) is 3. The van der Waals surface area contributed by atoms with Crippen molar-refractivity contribution in [1.82, 2.24) is 0 Å². The first-order valence-corrected chi connectivity index (χ1v) is 14.2. The van der Waals surface area contributed by atoms with E-state index in [4.69, 9.17) is 9.84 Å². The molecule has 3 aliphatic carbocycles. The average Bonchev–Trinajstić information content (AvgIpc) is 3.35. The van der Waals surface area contributed by atoms with Crippen LogP contribution in [0.5, 0.6) is 0 Å². The Morgan fingerprint density at radius 1 is 1.19 bits per heavy atom. The molecule has 0 radical (unpaired) electrons. The van der Waals surface area contributed by atoms with Crippen LogP contribution in [-0.2, 0) is 9.53 Å². The maximum atomic E-state index is 12.0. The zero-order valence-electron chi connectivity index (χ0n) is 22.7. The smallest absolute Gasteiger partial charge is 0.334 e. The summed E-state index contributed by atoms with van der Waals surface area (Å²) < 4.78 is 5.66. The van der Waals surface area contributed by atoms with Crippen molar-refractivity contribution in [1.29, 1.82) is 0 Å². The summed E-state index contributed by atoms with van der Waals surface area (Å²) in [6, 6.07) is 0. The summed E-state index contributed by atoms with van der Waals surface area (Å²) in [4.78, 5) is 12.0. The Morgan fingerprint density at radius 3 is 2.59 bits per heavy atom. The predicted octanol–water partition coefficient (Wildman–Crippen LogP) is 5.44. The first-order chi connectivity index (χ1) is 17.6. The molecule has 0 aromatic heterocycles. The van der Waals surface area contributed by atoms with Crippen LogP contribution in [0.3, 0.4) is 0 Å². The predicted molar refractivity (Wildman–Crippen MR) is 146 cm³/mol. The number of fused-ring (bicyclic) bond motifs is 1. The van der Waals surface area contributed by atoms with Gasteiger partial charge in [-0.05, 0) is 92.1 Å². The van der Waals surface area contributed by atoms with Crippen molar-refractivity contribution in [3.8, 4) is 0 Å². The molecule has 37 heavy (non-hydrogen) atoms. The highest BCUT2D eigenvalue weighted by Crippen LogP contribution is 2.60. The third-order valence-corrected chi connectivity index (χ3v) is 10.3. The van der Waals surface area contributed by atoms with Gasteiger partial charge in [0, 0.05) is 24.0 Å². The second-order valence-electron chi connectivity index (χ2n) is 12.2. The van der Waals surface area contributed by atoms with Crippen molar-refractivity contribution in [2.75, 3.05) is 6.61 Å². The van der Waals surface area contributed by atoms with E-state index in [1.165, 1.54) is 12.0 Å². The number of aliphatic hydroxyl groups excluding tert-OH is 3. The van der Waals surface area contributed by atoms with Gasteiger partial charge in [0.15, 0.2) is 0 Å². The summed E-state index contributed by atoms with van der Waals surface area (Å²) in [5, 5.41) is 30.6. The maximum Gasteiger partial charge on any atom is 0.334 e. The summed E-state index contributed by atoms with van der Waals surface area (Å²) in [6.07, 6.45) is 13.0. The van der Waals surface area contributed by atoms with E-state index in [9.17, 15) is 15.0 Å². The van der Waals surface area contributed by atoms with E-state index in [1.54, 1.807) is 0 Å². The number of aliphatic hydroxyl groups is 3. The van der Waals surface area contributed by atoms with Crippen molar-refractivity contribution in [3.05, 3.63) is 60.3 Å².